The third kappa shape index (κ3) is 5.78. The van der Waals surface area contributed by atoms with E-state index in [2.05, 4.69) is 20.7 Å². The Balaban J connectivity index is 1.75. The van der Waals surface area contributed by atoms with E-state index in [0.717, 1.165) is 12.8 Å². The van der Waals surface area contributed by atoms with E-state index in [0.29, 0.717) is 11.4 Å². The predicted molar refractivity (Wildman–Crippen MR) is 111 cm³/mol. The van der Waals surface area contributed by atoms with E-state index < -0.39 is 22.0 Å². The molecule has 0 unspecified atom stereocenters. The number of sulfonamides is 1. The largest absolute Gasteiger partial charge is 0.336 e. The van der Waals surface area contributed by atoms with Crippen LogP contribution >= 0.6 is 0 Å². The molecule has 29 heavy (non-hydrogen) atoms. The van der Waals surface area contributed by atoms with Gasteiger partial charge in [0.15, 0.2) is 0 Å². The fraction of sp³-hybridized carbons (Fsp3) is 0.300. The van der Waals surface area contributed by atoms with Crippen LogP contribution in [0.2, 0.25) is 0 Å². The number of carbonyl (C=O) groups is 2. The molecule has 0 aliphatic heterocycles. The number of hydrogen-bond donors (Lipinski definition) is 4. The molecule has 1 aliphatic carbocycles. The number of para-hydroxylation sites is 1. The highest BCUT2D eigenvalue weighted by molar-refractivity contribution is 7.89. The summed E-state index contributed by atoms with van der Waals surface area (Å²) in [6.45, 7) is 3.66. The Kier molecular flexibility index (Phi) is 6.19. The van der Waals surface area contributed by atoms with Crippen molar-refractivity contribution in [2.45, 2.75) is 43.7 Å². The van der Waals surface area contributed by atoms with Crippen LogP contribution in [0.25, 0.3) is 0 Å². The molecule has 2 aromatic rings. The van der Waals surface area contributed by atoms with Crippen molar-refractivity contribution in [1.29, 1.82) is 0 Å². The number of anilines is 2. The molecule has 3 rings (SSSR count). The average molecular weight is 417 g/mol. The molecule has 1 aliphatic rings. The molecule has 4 N–H and O–H groups in total. The molecule has 0 radical (unpaired) electrons. The fourth-order valence-corrected chi connectivity index (χ4v) is 3.99. The van der Waals surface area contributed by atoms with E-state index in [1.807, 2.05) is 13.8 Å². The minimum atomic E-state index is -3.62. The van der Waals surface area contributed by atoms with Crippen molar-refractivity contribution >= 4 is 33.3 Å². The number of benzene rings is 2. The topological polar surface area (TPSA) is 116 Å². The van der Waals surface area contributed by atoms with E-state index in [1.54, 1.807) is 36.4 Å². The monoisotopic (exact) mass is 416 g/mol. The van der Waals surface area contributed by atoms with Crippen LogP contribution in [0.15, 0.2) is 53.4 Å². The maximum atomic E-state index is 12.7. The van der Waals surface area contributed by atoms with Crippen LogP contribution in [0.1, 0.15) is 37.0 Å². The predicted octanol–water partition coefficient (Wildman–Crippen LogP) is 2.91. The van der Waals surface area contributed by atoms with Crippen LogP contribution in [0.4, 0.5) is 16.2 Å². The number of rotatable bonds is 7. The minimum Gasteiger partial charge on any atom is -0.336 e. The number of urea groups is 1. The summed E-state index contributed by atoms with van der Waals surface area (Å²) in [4.78, 5) is 24.8. The number of amides is 3. The van der Waals surface area contributed by atoms with Gasteiger partial charge in [0.2, 0.25) is 10.0 Å². The molecule has 1 saturated carbocycles. The summed E-state index contributed by atoms with van der Waals surface area (Å²) in [7, 11) is -3.62. The molecule has 0 spiro atoms. The van der Waals surface area contributed by atoms with Crippen molar-refractivity contribution in [3.8, 4) is 0 Å². The van der Waals surface area contributed by atoms with Gasteiger partial charge >= 0.3 is 6.03 Å². The van der Waals surface area contributed by atoms with Gasteiger partial charge < -0.3 is 16.0 Å². The van der Waals surface area contributed by atoms with Gasteiger partial charge in [0, 0.05) is 17.8 Å². The van der Waals surface area contributed by atoms with E-state index in [1.165, 1.54) is 12.1 Å². The quantitative estimate of drug-likeness (QED) is 0.555. The van der Waals surface area contributed by atoms with Crippen LogP contribution in [0.3, 0.4) is 0 Å². The first-order chi connectivity index (χ1) is 13.7. The Labute approximate surface area is 170 Å². The second kappa shape index (κ2) is 8.62. The minimum absolute atomic E-state index is 0.00631. The van der Waals surface area contributed by atoms with Crippen LogP contribution in [-0.4, -0.2) is 32.4 Å². The van der Waals surface area contributed by atoms with Gasteiger partial charge in [0.25, 0.3) is 5.91 Å². The van der Waals surface area contributed by atoms with Crippen LogP contribution in [0.5, 0.6) is 0 Å². The highest BCUT2D eigenvalue weighted by Gasteiger charge is 2.28. The normalized spacial score (nSPS) is 13.8. The van der Waals surface area contributed by atoms with Gasteiger partial charge in [-0.25, -0.2) is 17.9 Å². The molecule has 0 bridgehead atoms. The lowest BCUT2D eigenvalue weighted by atomic mass is 10.1. The molecule has 3 amide bonds. The lowest BCUT2D eigenvalue weighted by Crippen LogP contribution is -2.34. The summed E-state index contributed by atoms with van der Waals surface area (Å²) in [6, 6.07) is 12.2. The maximum absolute atomic E-state index is 12.7. The van der Waals surface area contributed by atoms with Gasteiger partial charge in [-0.1, -0.05) is 18.2 Å². The van der Waals surface area contributed by atoms with Crippen LogP contribution < -0.4 is 20.7 Å². The smallest absolute Gasteiger partial charge is 0.319 e. The van der Waals surface area contributed by atoms with Gasteiger partial charge in [0.05, 0.1) is 16.1 Å². The zero-order valence-corrected chi connectivity index (χ0v) is 17.0. The second-order valence-electron chi connectivity index (χ2n) is 7.18. The Morgan fingerprint density at radius 1 is 1.00 bits per heavy atom. The molecule has 0 atom stereocenters. The molecule has 0 heterocycles. The van der Waals surface area contributed by atoms with E-state index in [4.69, 9.17) is 0 Å². The molecular weight excluding hydrogens is 392 g/mol. The number of carbonyl (C=O) groups excluding carboxylic acids is 2. The third-order valence-corrected chi connectivity index (χ3v) is 5.66. The lowest BCUT2D eigenvalue weighted by molar-refractivity contribution is 0.102. The van der Waals surface area contributed by atoms with Crippen molar-refractivity contribution in [3.63, 3.8) is 0 Å². The highest BCUT2D eigenvalue weighted by Crippen LogP contribution is 2.24. The SMILES string of the molecule is CC(C)NC(=O)Nc1ccccc1C(=O)Nc1cccc(S(=O)(=O)NC2CC2)c1. The molecule has 8 nitrogen and oxygen atoms in total. The standard InChI is InChI=1S/C20H24N4O4S/c1-13(2)21-20(26)23-18-9-4-3-8-17(18)19(25)22-15-6-5-7-16(12-15)29(27,28)24-14-10-11-14/h3-9,12-14,24H,10-11H2,1-2H3,(H,22,25)(H2,21,23,26). The Bertz CT molecular complexity index is 1020. The summed E-state index contributed by atoms with van der Waals surface area (Å²) in [6.07, 6.45) is 1.67. The van der Waals surface area contributed by atoms with Gasteiger partial charge in [-0.2, -0.15) is 0 Å². The fourth-order valence-electron chi connectivity index (χ4n) is 2.64. The zero-order chi connectivity index (χ0) is 21.0. The summed E-state index contributed by atoms with van der Waals surface area (Å²) < 4.78 is 27.4. The summed E-state index contributed by atoms with van der Waals surface area (Å²) in [5.41, 5.74) is 0.952. The van der Waals surface area contributed by atoms with Crippen molar-refractivity contribution in [1.82, 2.24) is 10.0 Å². The molecule has 0 aromatic heterocycles. The summed E-state index contributed by atoms with van der Waals surface area (Å²) in [5, 5.41) is 8.04. The van der Waals surface area contributed by atoms with E-state index >= 15 is 0 Å². The van der Waals surface area contributed by atoms with Crippen molar-refractivity contribution in [3.05, 3.63) is 54.1 Å². The molecule has 2 aromatic carbocycles. The Hall–Kier alpha value is -2.91. The van der Waals surface area contributed by atoms with Gasteiger partial charge in [0.1, 0.15) is 0 Å². The van der Waals surface area contributed by atoms with Gasteiger partial charge in [-0.05, 0) is 57.0 Å². The maximum Gasteiger partial charge on any atom is 0.319 e. The first-order valence-electron chi connectivity index (χ1n) is 9.35. The Morgan fingerprint density at radius 3 is 2.41 bits per heavy atom. The van der Waals surface area contributed by atoms with Crippen LogP contribution in [0, 0.1) is 0 Å². The molecule has 9 heteroatoms. The Morgan fingerprint density at radius 2 is 1.72 bits per heavy atom. The van der Waals surface area contributed by atoms with Crippen molar-refractivity contribution in [2.75, 3.05) is 10.6 Å². The summed E-state index contributed by atoms with van der Waals surface area (Å²) in [5.74, 6) is -0.463. The summed E-state index contributed by atoms with van der Waals surface area (Å²) >= 11 is 0. The average Bonchev–Trinajstić information content (AvgIpc) is 3.45. The number of hydrogen-bond acceptors (Lipinski definition) is 4. The molecular formula is C20H24N4O4S. The first-order valence-corrected chi connectivity index (χ1v) is 10.8. The molecule has 154 valence electrons. The van der Waals surface area contributed by atoms with E-state index in [-0.39, 0.29) is 22.5 Å². The molecule has 1 fully saturated rings. The van der Waals surface area contributed by atoms with Crippen molar-refractivity contribution in [2.24, 2.45) is 0 Å². The number of nitrogens with one attached hydrogen (secondary N) is 4. The second-order valence-corrected chi connectivity index (χ2v) is 8.89. The van der Waals surface area contributed by atoms with Gasteiger partial charge in [-0.15, -0.1) is 0 Å². The van der Waals surface area contributed by atoms with E-state index in [9.17, 15) is 18.0 Å². The van der Waals surface area contributed by atoms with Crippen LogP contribution in [-0.2, 0) is 10.0 Å². The highest BCUT2D eigenvalue weighted by atomic mass is 32.2. The molecule has 0 saturated heterocycles. The first kappa shape index (κ1) is 20.8. The zero-order valence-electron chi connectivity index (χ0n) is 16.2. The van der Waals surface area contributed by atoms with Crippen molar-refractivity contribution < 1.29 is 18.0 Å². The third-order valence-electron chi connectivity index (χ3n) is 4.14. The van der Waals surface area contributed by atoms with Gasteiger partial charge in [-0.3, -0.25) is 4.79 Å². The lowest BCUT2D eigenvalue weighted by Gasteiger charge is -2.14.